The molecule has 0 heterocycles. The number of hydrogen-bond acceptors (Lipinski definition) is 4. The minimum absolute atomic E-state index is 0.0157. The van der Waals surface area contributed by atoms with Crippen molar-refractivity contribution in [2.45, 2.75) is 23.4 Å². The fraction of sp³-hybridized carbons (Fsp3) is 0.400. The molecule has 1 aliphatic carbocycles. The molecule has 5 nitrogen and oxygen atoms in total. The average molecular weight is 402 g/mol. The van der Waals surface area contributed by atoms with Gasteiger partial charge in [-0.15, -0.1) is 0 Å². The highest BCUT2D eigenvalue weighted by Crippen LogP contribution is 2.38. The fourth-order valence-electron chi connectivity index (χ4n) is 2.50. The molecule has 1 aliphatic rings. The molecule has 1 saturated carbocycles. The van der Waals surface area contributed by atoms with Crippen molar-refractivity contribution in [2.24, 2.45) is 11.8 Å². The highest BCUT2D eigenvalue weighted by molar-refractivity contribution is 14.1. The first-order valence-electron chi connectivity index (χ1n) is 6.62. The van der Waals surface area contributed by atoms with E-state index in [1.54, 1.807) is 12.1 Å². The molecule has 0 bridgehead atoms. The van der Waals surface area contributed by atoms with Crippen molar-refractivity contribution in [3.8, 4) is 0 Å². The molecule has 0 aliphatic heterocycles. The summed E-state index contributed by atoms with van der Waals surface area (Å²) in [6, 6.07) is 9.03. The summed E-state index contributed by atoms with van der Waals surface area (Å²) in [6.07, 6.45) is 1.05. The highest BCUT2D eigenvalue weighted by Gasteiger charge is 2.46. The van der Waals surface area contributed by atoms with Crippen LogP contribution in [0, 0.1) is 11.8 Å². The molecule has 0 saturated heterocycles. The second-order valence-corrected chi connectivity index (χ2v) is 6.59. The Kier molecular flexibility index (Phi) is 5.33. The van der Waals surface area contributed by atoms with E-state index < -0.39 is 29.6 Å². The minimum Gasteiger partial charge on any atom is -0.481 e. The zero-order valence-corrected chi connectivity index (χ0v) is 13.4. The summed E-state index contributed by atoms with van der Waals surface area (Å²) in [6.45, 7) is 0.0157. The number of carboxylic acid groups (broad SMARTS) is 1. The Morgan fingerprint density at radius 2 is 1.86 bits per heavy atom. The molecule has 6 heteroatoms. The molecule has 0 aromatic heterocycles. The molecule has 0 radical (unpaired) electrons. The second kappa shape index (κ2) is 7.02. The smallest absolute Gasteiger partial charge is 0.375 e. The van der Waals surface area contributed by atoms with E-state index >= 15 is 0 Å². The molecule has 2 rings (SSSR count). The van der Waals surface area contributed by atoms with Gasteiger partial charge in [-0.1, -0.05) is 52.9 Å². The number of carboxylic acids is 1. The van der Waals surface area contributed by atoms with Gasteiger partial charge in [0.1, 0.15) is 6.61 Å². The van der Waals surface area contributed by atoms with Crippen molar-refractivity contribution < 1.29 is 24.2 Å². The third-order valence-electron chi connectivity index (χ3n) is 3.61. The first-order chi connectivity index (χ1) is 10.0. The van der Waals surface area contributed by atoms with Gasteiger partial charge >= 0.3 is 11.9 Å². The maximum Gasteiger partial charge on any atom is 0.375 e. The number of esters is 1. The van der Waals surface area contributed by atoms with Gasteiger partial charge in [0.05, 0.1) is 11.8 Å². The quantitative estimate of drug-likeness (QED) is 0.354. The summed E-state index contributed by atoms with van der Waals surface area (Å²) in [5, 5.41) is 9.13. The lowest BCUT2D eigenvalue weighted by Crippen LogP contribution is -2.35. The fourth-order valence-corrected chi connectivity index (χ4v) is 3.69. The molecule has 3 atom stereocenters. The van der Waals surface area contributed by atoms with Crippen LogP contribution in [0.15, 0.2) is 30.3 Å². The Labute approximate surface area is 135 Å². The van der Waals surface area contributed by atoms with E-state index in [-0.39, 0.29) is 10.5 Å². The minimum atomic E-state index is -1.02. The molecule has 1 unspecified atom stereocenters. The first kappa shape index (κ1) is 15.9. The van der Waals surface area contributed by atoms with Crippen LogP contribution in [-0.2, 0) is 25.7 Å². The van der Waals surface area contributed by atoms with E-state index in [2.05, 4.69) is 0 Å². The third kappa shape index (κ3) is 3.81. The lowest BCUT2D eigenvalue weighted by atomic mass is 9.92. The van der Waals surface area contributed by atoms with Crippen LogP contribution < -0.4 is 0 Å². The van der Waals surface area contributed by atoms with Crippen LogP contribution >= 0.6 is 22.6 Å². The van der Waals surface area contributed by atoms with Crippen LogP contribution in [0.25, 0.3) is 0 Å². The second-order valence-electron chi connectivity index (χ2n) is 4.99. The van der Waals surface area contributed by atoms with Crippen LogP contribution in [0.3, 0.4) is 0 Å². The van der Waals surface area contributed by atoms with Crippen molar-refractivity contribution in [2.75, 3.05) is 0 Å². The van der Waals surface area contributed by atoms with E-state index in [0.717, 1.165) is 5.56 Å². The third-order valence-corrected chi connectivity index (χ3v) is 5.01. The normalized spacial score (nSPS) is 24.5. The van der Waals surface area contributed by atoms with Crippen molar-refractivity contribution in [1.29, 1.82) is 0 Å². The predicted octanol–water partition coefficient (Wildman–Crippen LogP) is 2.21. The Morgan fingerprint density at radius 1 is 1.19 bits per heavy atom. The molecule has 1 N–H and O–H groups in total. The predicted molar refractivity (Wildman–Crippen MR) is 82.9 cm³/mol. The van der Waals surface area contributed by atoms with Gasteiger partial charge < -0.3 is 9.84 Å². The number of carbonyl (C=O) groups is 3. The number of alkyl halides is 1. The number of hydrogen-bond donors (Lipinski definition) is 1. The lowest BCUT2D eigenvalue weighted by molar-refractivity contribution is -0.158. The molecule has 1 aromatic rings. The molecule has 112 valence electrons. The van der Waals surface area contributed by atoms with Crippen molar-refractivity contribution >= 4 is 40.3 Å². The monoisotopic (exact) mass is 402 g/mol. The Bertz CT molecular complexity index is 542. The summed E-state index contributed by atoms with van der Waals surface area (Å²) in [5.74, 6) is -4.27. The van der Waals surface area contributed by atoms with Gasteiger partial charge in [0.25, 0.3) is 0 Å². The number of benzene rings is 1. The molecule has 1 fully saturated rings. The average Bonchev–Trinajstić information content (AvgIpc) is 2.87. The van der Waals surface area contributed by atoms with Gasteiger partial charge in [0.2, 0.25) is 5.78 Å². The summed E-state index contributed by atoms with van der Waals surface area (Å²) >= 11 is 2.04. The molecule has 0 amide bonds. The van der Waals surface area contributed by atoms with Gasteiger partial charge in [-0.25, -0.2) is 4.79 Å². The summed E-state index contributed by atoms with van der Waals surface area (Å²) < 4.78 is 4.86. The standard InChI is InChI=1S/C15H15IO5/c16-11-7-6-10(14(18)19)12(11)13(17)15(20)21-8-9-4-2-1-3-5-9/h1-5,10-12H,6-8H2,(H,18,19)/t10-,11+,12?/m1/s1. The topological polar surface area (TPSA) is 80.7 Å². The van der Waals surface area contributed by atoms with Gasteiger partial charge in [0, 0.05) is 3.92 Å². The number of rotatable bonds is 5. The Balaban J connectivity index is 1.98. The summed E-state index contributed by atoms with van der Waals surface area (Å²) in [4.78, 5) is 35.2. The molecule has 1 aromatic carbocycles. The van der Waals surface area contributed by atoms with E-state index in [4.69, 9.17) is 9.84 Å². The zero-order valence-electron chi connectivity index (χ0n) is 11.2. The van der Waals surface area contributed by atoms with Gasteiger partial charge in [0.15, 0.2) is 0 Å². The maximum absolute atomic E-state index is 12.1. The van der Waals surface area contributed by atoms with E-state index in [1.807, 2.05) is 40.8 Å². The number of aliphatic carboxylic acids is 1. The summed E-state index contributed by atoms with van der Waals surface area (Å²) in [5.41, 5.74) is 0.783. The van der Waals surface area contributed by atoms with Crippen LogP contribution in [0.4, 0.5) is 0 Å². The molecule has 21 heavy (non-hydrogen) atoms. The highest BCUT2D eigenvalue weighted by atomic mass is 127. The van der Waals surface area contributed by atoms with Crippen LogP contribution in [0.1, 0.15) is 18.4 Å². The SMILES string of the molecule is O=C(OCc1ccccc1)C(=O)C1[C@@H](I)CC[C@H]1C(=O)O. The largest absolute Gasteiger partial charge is 0.481 e. The summed E-state index contributed by atoms with van der Waals surface area (Å²) in [7, 11) is 0. The van der Waals surface area contributed by atoms with Gasteiger partial charge in [-0.3, -0.25) is 9.59 Å². The molecular formula is C15H15IO5. The number of carbonyl (C=O) groups excluding carboxylic acids is 2. The van der Waals surface area contributed by atoms with Crippen molar-refractivity contribution in [3.05, 3.63) is 35.9 Å². The molecular weight excluding hydrogens is 387 g/mol. The van der Waals surface area contributed by atoms with Crippen LogP contribution in [0.5, 0.6) is 0 Å². The van der Waals surface area contributed by atoms with E-state index in [0.29, 0.717) is 12.8 Å². The van der Waals surface area contributed by atoms with Crippen LogP contribution in [-0.4, -0.2) is 26.8 Å². The van der Waals surface area contributed by atoms with Crippen molar-refractivity contribution in [1.82, 2.24) is 0 Å². The zero-order chi connectivity index (χ0) is 15.4. The first-order valence-corrected chi connectivity index (χ1v) is 7.87. The van der Waals surface area contributed by atoms with Crippen LogP contribution in [0.2, 0.25) is 0 Å². The Hall–Kier alpha value is -1.44. The van der Waals surface area contributed by atoms with Gasteiger partial charge in [-0.2, -0.15) is 0 Å². The number of ether oxygens (including phenoxy) is 1. The lowest BCUT2D eigenvalue weighted by Gasteiger charge is -2.16. The number of Topliss-reactive ketones (excluding diaryl/α,β-unsaturated/α-hetero) is 1. The van der Waals surface area contributed by atoms with Crippen molar-refractivity contribution in [3.63, 3.8) is 0 Å². The number of ketones is 1. The van der Waals surface area contributed by atoms with Gasteiger partial charge in [-0.05, 0) is 18.4 Å². The number of halogens is 1. The van der Waals surface area contributed by atoms with E-state index in [9.17, 15) is 14.4 Å². The Morgan fingerprint density at radius 3 is 2.48 bits per heavy atom. The molecule has 0 spiro atoms. The van der Waals surface area contributed by atoms with E-state index in [1.165, 1.54) is 0 Å². The maximum atomic E-state index is 12.1.